The van der Waals surface area contributed by atoms with Gasteiger partial charge in [-0.05, 0) is 24.3 Å². The summed E-state index contributed by atoms with van der Waals surface area (Å²) >= 11 is 0. The van der Waals surface area contributed by atoms with Gasteiger partial charge in [0, 0.05) is 37.8 Å². The monoisotopic (exact) mass is 398 g/mol. The number of amides is 2. The van der Waals surface area contributed by atoms with Gasteiger partial charge in [-0.2, -0.15) is 0 Å². The van der Waals surface area contributed by atoms with Crippen molar-refractivity contribution in [3.05, 3.63) is 59.2 Å². The third kappa shape index (κ3) is 4.31. The highest BCUT2D eigenvalue weighted by molar-refractivity contribution is 6.05. The fraction of sp³-hybridized carbons (Fsp3) is 0.286. The number of rotatable bonds is 5. The maximum absolute atomic E-state index is 12.9. The van der Waals surface area contributed by atoms with Crippen LogP contribution in [0.15, 0.2) is 42.5 Å². The summed E-state index contributed by atoms with van der Waals surface area (Å²) in [6, 6.07) is 11.1. The molecule has 0 atom stereocenters. The normalized spacial score (nSPS) is 13.7. The highest BCUT2D eigenvalue weighted by atomic mass is 16.5. The first kappa shape index (κ1) is 20.2. The van der Waals surface area contributed by atoms with Crippen LogP contribution >= 0.6 is 0 Å². The molecule has 1 aliphatic heterocycles. The number of carbonyl (C=O) groups is 3. The molecule has 29 heavy (non-hydrogen) atoms. The molecule has 2 aromatic carbocycles. The predicted octanol–water partition coefficient (Wildman–Crippen LogP) is 2.00. The van der Waals surface area contributed by atoms with Crippen molar-refractivity contribution in [3.8, 4) is 11.5 Å². The average Bonchev–Trinajstić information content (AvgIpc) is 2.77. The number of benzene rings is 2. The van der Waals surface area contributed by atoms with Gasteiger partial charge in [0.1, 0.15) is 11.5 Å². The maximum atomic E-state index is 12.9. The van der Waals surface area contributed by atoms with Crippen molar-refractivity contribution in [2.24, 2.45) is 0 Å². The first-order valence-electron chi connectivity index (χ1n) is 9.08. The second-order valence-corrected chi connectivity index (χ2v) is 6.54. The van der Waals surface area contributed by atoms with Gasteiger partial charge in [-0.15, -0.1) is 0 Å². The highest BCUT2D eigenvalue weighted by Crippen LogP contribution is 2.24. The molecule has 0 aromatic heterocycles. The molecular weight excluding hydrogens is 376 g/mol. The molecule has 8 nitrogen and oxygen atoms in total. The van der Waals surface area contributed by atoms with E-state index in [1.807, 2.05) is 0 Å². The minimum atomic E-state index is -1.14. The van der Waals surface area contributed by atoms with Gasteiger partial charge in [0.05, 0.1) is 25.3 Å². The SMILES string of the molecule is COc1cc(OC)cc(C(=O)N2CCN(C(=O)c3ccccc3C(=O)O)CC2)c1. The number of methoxy groups -OCH3 is 2. The molecule has 0 radical (unpaired) electrons. The zero-order valence-electron chi connectivity index (χ0n) is 16.3. The second kappa shape index (κ2) is 8.64. The Morgan fingerprint density at radius 2 is 1.28 bits per heavy atom. The topological polar surface area (TPSA) is 96.4 Å². The first-order valence-corrected chi connectivity index (χ1v) is 9.08. The minimum absolute atomic E-state index is 0.0283. The Bertz CT molecular complexity index is 912. The number of ether oxygens (including phenoxy) is 2. The molecule has 0 aliphatic carbocycles. The van der Waals surface area contributed by atoms with Crippen LogP contribution in [0.25, 0.3) is 0 Å². The number of nitrogens with zero attached hydrogens (tertiary/aromatic N) is 2. The summed E-state index contributed by atoms with van der Waals surface area (Å²) in [6.45, 7) is 1.33. The Hall–Kier alpha value is -3.55. The molecule has 0 unspecified atom stereocenters. The van der Waals surface area contributed by atoms with E-state index in [-0.39, 0.29) is 22.9 Å². The predicted molar refractivity (Wildman–Crippen MR) is 105 cm³/mol. The van der Waals surface area contributed by atoms with Gasteiger partial charge in [0.15, 0.2) is 0 Å². The van der Waals surface area contributed by atoms with Gasteiger partial charge in [-0.1, -0.05) is 12.1 Å². The minimum Gasteiger partial charge on any atom is -0.497 e. The van der Waals surface area contributed by atoms with Crippen LogP contribution in [0.3, 0.4) is 0 Å². The Balaban J connectivity index is 1.70. The molecule has 8 heteroatoms. The van der Waals surface area contributed by atoms with Crippen LogP contribution in [0.2, 0.25) is 0 Å². The van der Waals surface area contributed by atoms with E-state index in [4.69, 9.17) is 9.47 Å². The summed E-state index contributed by atoms with van der Waals surface area (Å²) in [4.78, 5) is 40.2. The Kier molecular flexibility index (Phi) is 6.01. The van der Waals surface area contributed by atoms with Crippen molar-refractivity contribution in [3.63, 3.8) is 0 Å². The van der Waals surface area contributed by atoms with Gasteiger partial charge in [-0.3, -0.25) is 9.59 Å². The molecule has 0 saturated carbocycles. The third-order valence-corrected chi connectivity index (χ3v) is 4.84. The summed E-state index contributed by atoms with van der Waals surface area (Å²) in [5, 5.41) is 9.30. The summed E-state index contributed by atoms with van der Waals surface area (Å²) < 4.78 is 10.4. The van der Waals surface area contributed by atoms with Crippen molar-refractivity contribution in [1.29, 1.82) is 0 Å². The van der Waals surface area contributed by atoms with E-state index in [1.54, 1.807) is 40.1 Å². The van der Waals surface area contributed by atoms with Crippen LogP contribution in [0.4, 0.5) is 0 Å². The molecule has 1 saturated heterocycles. The summed E-state index contributed by atoms with van der Waals surface area (Å²) in [6.07, 6.45) is 0. The summed E-state index contributed by atoms with van der Waals surface area (Å²) in [5.74, 6) is -0.633. The number of carboxylic acid groups (broad SMARTS) is 1. The Morgan fingerprint density at radius 1 is 0.793 bits per heavy atom. The summed E-state index contributed by atoms with van der Waals surface area (Å²) in [7, 11) is 3.03. The maximum Gasteiger partial charge on any atom is 0.336 e. The van der Waals surface area contributed by atoms with Crippen molar-refractivity contribution < 1.29 is 29.0 Å². The van der Waals surface area contributed by atoms with Gasteiger partial charge in [-0.25, -0.2) is 4.79 Å². The smallest absolute Gasteiger partial charge is 0.336 e. The van der Waals surface area contributed by atoms with Crippen LogP contribution in [0.5, 0.6) is 11.5 Å². The Morgan fingerprint density at radius 3 is 1.76 bits per heavy atom. The van der Waals surface area contributed by atoms with Crippen molar-refractivity contribution in [1.82, 2.24) is 9.80 Å². The highest BCUT2D eigenvalue weighted by Gasteiger charge is 2.28. The number of hydrogen-bond donors (Lipinski definition) is 1. The van der Waals surface area contributed by atoms with Gasteiger partial charge >= 0.3 is 5.97 Å². The van der Waals surface area contributed by atoms with Crippen molar-refractivity contribution >= 4 is 17.8 Å². The Labute approximate surface area is 168 Å². The molecule has 3 rings (SSSR count). The largest absolute Gasteiger partial charge is 0.497 e. The van der Waals surface area contributed by atoms with Crippen LogP contribution in [-0.2, 0) is 0 Å². The quantitative estimate of drug-likeness (QED) is 0.828. The van der Waals surface area contributed by atoms with E-state index in [9.17, 15) is 19.5 Å². The molecule has 152 valence electrons. The molecular formula is C21H22N2O6. The molecule has 2 aromatic rings. The summed E-state index contributed by atoms with van der Waals surface area (Å²) in [5.41, 5.74) is 0.564. The lowest BCUT2D eigenvalue weighted by atomic mass is 10.1. The van der Waals surface area contributed by atoms with E-state index >= 15 is 0 Å². The lowest BCUT2D eigenvalue weighted by Crippen LogP contribution is -2.50. The van der Waals surface area contributed by atoms with Gasteiger partial charge in [0.2, 0.25) is 0 Å². The first-order chi connectivity index (χ1) is 13.9. The molecule has 0 spiro atoms. The van der Waals surface area contributed by atoms with Gasteiger partial charge in [0.25, 0.3) is 11.8 Å². The molecule has 1 N–H and O–H groups in total. The van der Waals surface area contributed by atoms with E-state index < -0.39 is 5.97 Å². The molecule has 1 aliphatic rings. The lowest BCUT2D eigenvalue weighted by molar-refractivity contribution is 0.0531. The van der Waals surface area contributed by atoms with E-state index in [0.717, 1.165) is 0 Å². The van der Waals surface area contributed by atoms with E-state index in [1.165, 1.54) is 26.4 Å². The second-order valence-electron chi connectivity index (χ2n) is 6.54. The zero-order valence-corrected chi connectivity index (χ0v) is 16.3. The van der Waals surface area contributed by atoms with Gasteiger partial charge < -0.3 is 24.4 Å². The molecule has 1 fully saturated rings. The molecule has 0 bridgehead atoms. The molecule has 2 amide bonds. The van der Waals surface area contributed by atoms with E-state index in [2.05, 4.69) is 0 Å². The van der Waals surface area contributed by atoms with Crippen LogP contribution in [0.1, 0.15) is 31.1 Å². The number of carbonyl (C=O) groups excluding carboxylic acids is 2. The number of carboxylic acids is 1. The standard InChI is InChI=1S/C21H22N2O6/c1-28-15-11-14(12-16(13-15)29-2)19(24)22-7-9-23(10-8-22)20(25)17-5-3-4-6-18(17)21(26)27/h3-6,11-13H,7-10H2,1-2H3,(H,26,27). The lowest BCUT2D eigenvalue weighted by Gasteiger charge is -2.35. The van der Waals surface area contributed by atoms with E-state index in [0.29, 0.717) is 43.2 Å². The van der Waals surface area contributed by atoms with Crippen molar-refractivity contribution in [2.75, 3.05) is 40.4 Å². The zero-order chi connectivity index (χ0) is 21.0. The fourth-order valence-electron chi connectivity index (χ4n) is 3.25. The number of piperazine rings is 1. The number of hydrogen-bond acceptors (Lipinski definition) is 5. The molecule has 1 heterocycles. The fourth-order valence-corrected chi connectivity index (χ4v) is 3.25. The third-order valence-electron chi connectivity index (χ3n) is 4.84. The number of aromatic carboxylic acids is 1. The average molecular weight is 398 g/mol. The van der Waals surface area contributed by atoms with Crippen LogP contribution < -0.4 is 9.47 Å². The van der Waals surface area contributed by atoms with Crippen molar-refractivity contribution in [2.45, 2.75) is 0 Å². The van der Waals surface area contributed by atoms with Crippen LogP contribution in [0, 0.1) is 0 Å². The van der Waals surface area contributed by atoms with Crippen LogP contribution in [-0.4, -0.2) is 73.1 Å².